The number of nitro groups is 1. The number of hydrogen-bond acceptors (Lipinski definition) is 13. The van der Waals surface area contributed by atoms with Crippen LogP contribution in [0.25, 0.3) is 11.0 Å². The minimum atomic E-state index is -4.67. The predicted molar refractivity (Wildman–Crippen MR) is 260 cm³/mol. The highest BCUT2D eigenvalue weighted by Gasteiger charge is 2.50. The van der Waals surface area contributed by atoms with Crippen LogP contribution in [0.1, 0.15) is 113 Å². The lowest BCUT2D eigenvalue weighted by atomic mass is 9.70. The summed E-state index contributed by atoms with van der Waals surface area (Å²) in [5, 5.41) is 36.8. The van der Waals surface area contributed by atoms with Crippen LogP contribution in [0.2, 0.25) is 0 Å². The molecule has 3 aromatic carbocycles. The number of fused-ring (bicyclic) bond motifs is 1. The van der Waals surface area contributed by atoms with E-state index in [4.69, 9.17) is 9.47 Å². The summed E-state index contributed by atoms with van der Waals surface area (Å²) in [6.07, 6.45) is 9.09. The van der Waals surface area contributed by atoms with Crippen molar-refractivity contribution in [2.45, 2.75) is 114 Å². The van der Waals surface area contributed by atoms with Crippen molar-refractivity contribution in [3.05, 3.63) is 106 Å². The predicted octanol–water partition coefficient (Wildman–Crippen LogP) is 8.74. The number of pyridine rings is 1. The van der Waals surface area contributed by atoms with Gasteiger partial charge in [0.15, 0.2) is 5.75 Å². The molecule has 16 nitrogen and oxygen atoms in total. The molecule has 0 bridgehead atoms. The lowest BCUT2D eigenvalue weighted by molar-refractivity contribution is -0.384. The molecule has 2 saturated carbocycles. The Labute approximate surface area is 401 Å². The van der Waals surface area contributed by atoms with Gasteiger partial charge in [0.05, 0.1) is 38.6 Å². The monoisotopic (exact) mass is 967 g/mol. The molecule has 2 aromatic heterocycles. The fraction of sp³-hybridized carbons (Fsp3) is 0.490. The number of H-pyrrole nitrogens is 1. The summed E-state index contributed by atoms with van der Waals surface area (Å²) in [4.78, 5) is 37.2. The van der Waals surface area contributed by atoms with E-state index in [2.05, 4.69) is 41.9 Å². The van der Waals surface area contributed by atoms with Gasteiger partial charge in [-0.2, -0.15) is 4.98 Å². The first kappa shape index (κ1) is 48.2. The zero-order valence-corrected chi connectivity index (χ0v) is 40.4. The van der Waals surface area contributed by atoms with Crippen molar-refractivity contribution >= 4 is 44.0 Å². The zero-order chi connectivity index (χ0) is 48.9. The minimum Gasteiger partial charge on any atom is -0.475 e. The minimum absolute atomic E-state index is 0.00299. The Kier molecular flexibility index (Phi) is 13.2. The summed E-state index contributed by atoms with van der Waals surface area (Å²) in [7, 11) is -4.67. The summed E-state index contributed by atoms with van der Waals surface area (Å²) in [6.45, 7) is 11.3. The standard InChI is InChI=1S/C51H62FN7O9S/c1-5-67-48-45(27-38-40(52)29-54-46(38)55-48)68-44-25-33(57-23-21-51(22-24-57)30-58(31-51)42-12-8-10-36(42)35-9-6-7-11-39(35)49(2,3)61)13-15-37(44)47(60)56-69(65,66)34-14-16-41(43(26-34)59(63)64)53-28-32-17-19-50(4,62)20-18-32/h6-7,9,11,13-16,25-27,29,32,36,42,53,61-62H,5,8,10,12,17-24,28,30-31H2,1-4H3,(H,54,55)(H,56,60)/t32-,36-,42-,50-/m1/s1. The van der Waals surface area contributed by atoms with Gasteiger partial charge in [0.25, 0.3) is 27.5 Å². The number of halogens is 1. The van der Waals surface area contributed by atoms with Gasteiger partial charge in [-0.25, -0.2) is 17.5 Å². The van der Waals surface area contributed by atoms with Gasteiger partial charge in [-0.3, -0.25) is 19.8 Å². The Morgan fingerprint density at radius 2 is 1.75 bits per heavy atom. The van der Waals surface area contributed by atoms with Crippen LogP contribution >= 0.6 is 0 Å². The van der Waals surface area contributed by atoms with Crippen LogP contribution in [0.4, 0.5) is 21.5 Å². The van der Waals surface area contributed by atoms with Gasteiger partial charge in [-0.1, -0.05) is 30.7 Å². The molecule has 9 rings (SSSR count). The number of aromatic amines is 1. The highest BCUT2D eigenvalue weighted by molar-refractivity contribution is 7.90. The molecular weight excluding hydrogens is 906 g/mol. The maximum Gasteiger partial charge on any atom is 0.293 e. The number of rotatable bonds is 15. The largest absolute Gasteiger partial charge is 0.475 e. The lowest BCUT2D eigenvalue weighted by Gasteiger charge is -2.57. The van der Waals surface area contributed by atoms with Crippen molar-refractivity contribution in [3.63, 3.8) is 0 Å². The molecule has 5 aromatic rings. The first-order valence-corrected chi connectivity index (χ1v) is 25.6. The van der Waals surface area contributed by atoms with Crippen LogP contribution in [-0.2, 0) is 15.6 Å². The maximum atomic E-state index is 14.9. The Morgan fingerprint density at radius 3 is 2.46 bits per heavy atom. The fourth-order valence-electron chi connectivity index (χ4n) is 11.1. The quantitative estimate of drug-likeness (QED) is 0.0491. The van der Waals surface area contributed by atoms with E-state index in [1.165, 1.54) is 29.8 Å². The third kappa shape index (κ3) is 10.1. The molecule has 4 heterocycles. The second kappa shape index (κ2) is 18.8. The van der Waals surface area contributed by atoms with Gasteiger partial charge in [-0.15, -0.1) is 0 Å². The third-order valence-corrected chi connectivity index (χ3v) is 16.3. The number of likely N-dealkylation sites (tertiary alicyclic amines) is 1. The molecule has 0 unspecified atom stereocenters. The van der Waals surface area contributed by atoms with Gasteiger partial charge in [0, 0.05) is 68.8 Å². The molecule has 1 spiro atoms. The number of ether oxygens (including phenoxy) is 2. The topological polar surface area (TPSA) is 212 Å². The summed E-state index contributed by atoms with van der Waals surface area (Å²) >= 11 is 0. The third-order valence-electron chi connectivity index (χ3n) is 15.0. The van der Waals surface area contributed by atoms with Gasteiger partial charge >= 0.3 is 0 Å². The molecule has 2 aliphatic carbocycles. The number of nitrogens with one attached hydrogen (secondary N) is 3. The lowest BCUT2D eigenvalue weighted by Crippen LogP contribution is -2.63. The first-order chi connectivity index (χ1) is 32.8. The summed E-state index contributed by atoms with van der Waals surface area (Å²) < 4.78 is 56.9. The molecule has 368 valence electrons. The van der Waals surface area contributed by atoms with Gasteiger partial charge < -0.3 is 34.9 Å². The molecule has 1 amide bonds. The van der Waals surface area contributed by atoms with E-state index in [0.29, 0.717) is 31.3 Å². The van der Waals surface area contributed by atoms with E-state index in [-0.39, 0.29) is 57.6 Å². The van der Waals surface area contributed by atoms with E-state index in [0.717, 1.165) is 94.6 Å². The van der Waals surface area contributed by atoms with E-state index >= 15 is 0 Å². The van der Waals surface area contributed by atoms with Crippen molar-refractivity contribution < 1.29 is 42.2 Å². The normalized spacial score (nSPS) is 22.9. The highest BCUT2D eigenvalue weighted by atomic mass is 32.2. The molecule has 5 N–H and O–H groups in total. The van der Waals surface area contributed by atoms with Crippen LogP contribution in [0.3, 0.4) is 0 Å². The van der Waals surface area contributed by atoms with Crippen molar-refractivity contribution in [2.75, 3.05) is 49.5 Å². The van der Waals surface area contributed by atoms with E-state index in [1.807, 2.05) is 26.0 Å². The second-order valence-electron chi connectivity index (χ2n) is 20.4. The SMILES string of the molecule is CCOc1nc2[nH]cc(F)c2cc1Oc1cc(N2CCC3(CC2)CN([C@@H]2CCC[C@@H]2c2ccccc2C(C)(C)O)C3)ccc1C(=O)NS(=O)(=O)c1ccc(NC[C@H]2CC[C@](C)(O)CC2)c([N+](=O)[O-])c1. The first-order valence-electron chi connectivity index (χ1n) is 24.1. The number of carbonyl (C=O) groups is 1. The average molecular weight is 968 g/mol. The summed E-state index contributed by atoms with van der Waals surface area (Å²) in [6, 6.07) is 18.4. The van der Waals surface area contributed by atoms with Crippen LogP contribution in [0.5, 0.6) is 17.4 Å². The smallest absolute Gasteiger partial charge is 0.293 e. The van der Waals surface area contributed by atoms with Crippen LogP contribution in [0, 0.1) is 27.3 Å². The summed E-state index contributed by atoms with van der Waals surface area (Å²) in [5.74, 6) is -1.13. The van der Waals surface area contributed by atoms with E-state index < -0.39 is 48.5 Å². The van der Waals surface area contributed by atoms with Gasteiger partial charge in [0.2, 0.25) is 0 Å². The highest BCUT2D eigenvalue weighted by Crippen LogP contribution is 2.49. The molecule has 18 heteroatoms. The molecule has 2 atom stereocenters. The maximum absolute atomic E-state index is 14.9. The van der Waals surface area contributed by atoms with Gasteiger partial charge in [-0.05, 0) is 132 Å². The Bertz CT molecular complexity index is 2840. The number of aromatic nitrogens is 2. The Hall–Kier alpha value is -5.82. The Balaban J connectivity index is 0.934. The number of amides is 1. The number of sulfonamides is 1. The van der Waals surface area contributed by atoms with Crippen molar-refractivity contribution in [1.82, 2.24) is 19.6 Å². The second-order valence-corrected chi connectivity index (χ2v) is 22.1. The van der Waals surface area contributed by atoms with Crippen molar-refractivity contribution in [1.29, 1.82) is 0 Å². The number of nitro benzene ring substituents is 1. The fourth-order valence-corrected chi connectivity index (χ4v) is 12.1. The average Bonchev–Trinajstić information content (AvgIpc) is 3.93. The van der Waals surface area contributed by atoms with Crippen LogP contribution < -0.4 is 24.4 Å². The molecule has 4 aliphatic rings. The van der Waals surface area contributed by atoms with Crippen LogP contribution in [0.15, 0.2) is 77.8 Å². The number of piperidine rings is 1. The van der Waals surface area contributed by atoms with Crippen LogP contribution in [-0.4, -0.2) is 95.3 Å². The molecule has 4 fully saturated rings. The number of hydrogen-bond donors (Lipinski definition) is 5. The molecule has 69 heavy (non-hydrogen) atoms. The number of benzene rings is 3. The van der Waals surface area contributed by atoms with Crippen molar-refractivity contribution in [3.8, 4) is 17.4 Å². The molecular formula is C51H62FN7O9S. The molecule has 2 aliphatic heterocycles. The number of nitrogens with zero attached hydrogens (tertiary/aromatic N) is 4. The Morgan fingerprint density at radius 1 is 1.01 bits per heavy atom. The zero-order valence-electron chi connectivity index (χ0n) is 39.6. The number of carbonyl (C=O) groups excluding carboxylic acids is 1. The van der Waals surface area contributed by atoms with E-state index in [9.17, 15) is 37.9 Å². The molecule has 2 saturated heterocycles. The van der Waals surface area contributed by atoms with Crippen molar-refractivity contribution in [2.24, 2.45) is 11.3 Å². The molecule has 0 radical (unpaired) electrons. The number of aliphatic hydroxyl groups is 2. The number of anilines is 2. The summed E-state index contributed by atoms with van der Waals surface area (Å²) in [5.41, 5.74) is 1.18. The van der Waals surface area contributed by atoms with E-state index in [1.54, 1.807) is 26.0 Å². The van der Waals surface area contributed by atoms with Gasteiger partial charge in [0.1, 0.15) is 22.9 Å².